The zero-order valence-corrected chi connectivity index (χ0v) is 12.7. The molecule has 0 aromatic rings. The van der Waals surface area contributed by atoms with Gasteiger partial charge in [0.25, 0.3) is 0 Å². The molecule has 0 bridgehead atoms. The first-order chi connectivity index (χ1) is 7.30. The van der Waals surface area contributed by atoms with Crippen molar-refractivity contribution >= 4 is 28.7 Å². The molecular weight excluding hydrogens is 319 g/mol. The maximum absolute atomic E-state index is 11.5. The van der Waals surface area contributed by atoms with Crippen molar-refractivity contribution in [2.75, 3.05) is 4.43 Å². The van der Waals surface area contributed by atoms with E-state index < -0.39 is 5.60 Å². The van der Waals surface area contributed by atoms with Crippen molar-refractivity contribution in [3.8, 4) is 0 Å². The summed E-state index contributed by atoms with van der Waals surface area (Å²) in [6, 6.07) is -0.0233. The van der Waals surface area contributed by atoms with Crippen LogP contribution in [0.1, 0.15) is 40.5 Å². The Kier molecular flexibility index (Phi) is 7.30. The molecule has 0 aliphatic rings. The number of hydrogen-bond donors (Lipinski definition) is 2. The van der Waals surface area contributed by atoms with Gasteiger partial charge in [0, 0.05) is 10.5 Å². The number of ether oxygens (including phenoxy) is 1. The molecule has 3 N–H and O–H groups in total. The summed E-state index contributed by atoms with van der Waals surface area (Å²) in [4.78, 5) is 11.5. The fraction of sp³-hybridized carbons (Fsp3) is 0.909. The lowest BCUT2D eigenvalue weighted by Crippen LogP contribution is -2.50. The second kappa shape index (κ2) is 7.32. The zero-order chi connectivity index (χ0) is 12.8. The molecule has 5 heteroatoms. The van der Waals surface area contributed by atoms with Gasteiger partial charge in [-0.3, -0.25) is 0 Å². The molecule has 0 spiro atoms. The number of halogens is 1. The first kappa shape index (κ1) is 16.0. The summed E-state index contributed by atoms with van der Waals surface area (Å²) in [5.74, 6) is 0. The van der Waals surface area contributed by atoms with E-state index in [0.29, 0.717) is 0 Å². The number of rotatable bonds is 5. The van der Waals surface area contributed by atoms with Crippen LogP contribution < -0.4 is 11.1 Å². The maximum atomic E-state index is 11.5. The van der Waals surface area contributed by atoms with Gasteiger partial charge in [0.05, 0.1) is 6.04 Å². The van der Waals surface area contributed by atoms with Gasteiger partial charge in [-0.25, -0.2) is 4.79 Å². The van der Waals surface area contributed by atoms with Crippen LogP contribution in [0.4, 0.5) is 4.79 Å². The average molecular weight is 342 g/mol. The summed E-state index contributed by atoms with van der Waals surface area (Å²) >= 11 is 2.22. The standard InChI is InChI=1S/C11H23IN2O2/c1-5-6-8(13)9(7-12)14-10(15)16-11(2,3)4/h8-9H,5-7,13H2,1-4H3,(H,14,15)/t8-,9+/m1/s1. The maximum Gasteiger partial charge on any atom is 0.407 e. The van der Waals surface area contributed by atoms with Crippen LogP contribution in [-0.4, -0.2) is 28.2 Å². The molecule has 0 saturated carbocycles. The lowest BCUT2D eigenvalue weighted by atomic mass is 10.1. The van der Waals surface area contributed by atoms with E-state index in [1.807, 2.05) is 20.8 Å². The molecule has 2 atom stereocenters. The molecule has 1 amide bonds. The van der Waals surface area contributed by atoms with Gasteiger partial charge < -0.3 is 15.8 Å². The Morgan fingerprint density at radius 2 is 2.06 bits per heavy atom. The lowest BCUT2D eigenvalue weighted by Gasteiger charge is -2.25. The topological polar surface area (TPSA) is 64.3 Å². The van der Waals surface area contributed by atoms with Crippen LogP contribution in [0, 0.1) is 0 Å². The van der Waals surface area contributed by atoms with E-state index in [0.717, 1.165) is 17.3 Å². The monoisotopic (exact) mass is 342 g/mol. The molecule has 0 aliphatic carbocycles. The van der Waals surface area contributed by atoms with Gasteiger partial charge in [0.15, 0.2) is 0 Å². The van der Waals surface area contributed by atoms with Crippen molar-refractivity contribution in [1.82, 2.24) is 5.32 Å². The minimum atomic E-state index is -0.464. The number of carbonyl (C=O) groups is 1. The first-order valence-corrected chi connectivity index (χ1v) is 7.13. The fourth-order valence-electron chi connectivity index (χ4n) is 1.25. The smallest absolute Gasteiger partial charge is 0.407 e. The van der Waals surface area contributed by atoms with E-state index in [9.17, 15) is 4.79 Å². The van der Waals surface area contributed by atoms with Crippen LogP contribution in [0.2, 0.25) is 0 Å². The van der Waals surface area contributed by atoms with Crippen LogP contribution in [0.15, 0.2) is 0 Å². The van der Waals surface area contributed by atoms with Gasteiger partial charge in [-0.05, 0) is 27.2 Å². The molecule has 0 aromatic heterocycles. The molecule has 0 aromatic carbocycles. The molecule has 0 saturated heterocycles. The van der Waals surface area contributed by atoms with Crippen LogP contribution in [0.5, 0.6) is 0 Å². The number of alkyl carbamates (subject to hydrolysis) is 1. The summed E-state index contributed by atoms with van der Waals surface area (Å²) in [6.45, 7) is 7.62. The Morgan fingerprint density at radius 3 is 2.44 bits per heavy atom. The van der Waals surface area contributed by atoms with E-state index in [1.54, 1.807) is 0 Å². The van der Waals surface area contributed by atoms with Crippen molar-refractivity contribution in [2.24, 2.45) is 5.73 Å². The highest BCUT2D eigenvalue weighted by Gasteiger charge is 2.22. The van der Waals surface area contributed by atoms with Gasteiger partial charge in [-0.1, -0.05) is 35.9 Å². The molecule has 0 aliphatic heterocycles. The summed E-state index contributed by atoms with van der Waals surface area (Å²) in [5, 5.41) is 2.81. The molecule has 96 valence electrons. The van der Waals surface area contributed by atoms with Gasteiger partial charge in [0.1, 0.15) is 5.60 Å². The zero-order valence-electron chi connectivity index (χ0n) is 10.5. The molecule has 16 heavy (non-hydrogen) atoms. The van der Waals surface area contributed by atoms with E-state index in [4.69, 9.17) is 10.5 Å². The average Bonchev–Trinajstić information content (AvgIpc) is 2.11. The molecule has 0 rings (SSSR count). The number of alkyl halides is 1. The van der Waals surface area contributed by atoms with Crippen molar-refractivity contribution in [3.05, 3.63) is 0 Å². The minimum Gasteiger partial charge on any atom is -0.444 e. The van der Waals surface area contributed by atoms with Gasteiger partial charge in [-0.15, -0.1) is 0 Å². The van der Waals surface area contributed by atoms with Crippen molar-refractivity contribution in [1.29, 1.82) is 0 Å². The third-order valence-corrected chi connectivity index (χ3v) is 2.96. The molecule has 4 nitrogen and oxygen atoms in total. The van der Waals surface area contributed by atoms with E-state index in [-0.39, 0.29) is 18.2 Å². The summed E-state index contributed by atoms with van der Waals surface area (Å²) in [5.41, 5.74) is 5.51. The Morgan fingerprint density at radius 1 is 1.50 bits per heavy atom. The predicted molar refractivity (Wildman–Crippen MR) is 74.9 cm³/mol. The van der Waals surface area contributed by atoms with E-state index in [2.05, 4.69) is 34.8 Å². The van der Waals surface area contributed by atoms with Crippen LogP contribution >= 0.6 is 22.6 Å². The Labute approximate surface area is 112 Å². The largest absolute Gasteiger partial charge is 0.444 e. The fourth-order valence-corrected chi connectivity index (χ4v) is 2.13. The quantitative estimate of drug-likeness (QED) is 0.596. The van der Waals surface area contributed by atoms with Gasteiger partial charge in [0.2, 0.25) is 0 Å². The minimum absolute atomic E-state index is 0.00517. The van der Waals surface area contributed by atoms with Crippen LogP contribution in [-0.2, 0) is 4.74 Å². The highest BCUT2D eigenvalue weighted by molar-refractivity contribution is 14.1. The Balaban J connectivity index is 4.16. The number of hydrogen-bond acceptors (Lipinski definition) is 3. The van der Waals surface area contributed by atoms with Gasteiger partial charge >= 0.3 is 6.09 Å². The normalized spacial score (nSPS) is 15.4. The van der Waals surface area contributed by atoms with Gasteiger partial charge in [-0.2, -0.15) is 0 Å². The van der Waals surface area contributed by atoms with E-state index >= 15 is 0 Å². The predicted octanol–water partition coefficient (Wildman–Crippen LogP) is 2.44. The molecule has 0 radical (unpaired) electrons. The summed E-state index contributed by atoms with van der Waals surface area (Å²) < 4.78 is 5.98. The third-order valence-electron chi connectivity index (χ3n) is 2.01. The SMILES string of the molecule is CCC[C@@H](N)[C@H](CI)NC(=O)OC(C)(C)C. The summed E-state index contributed by atoms with van der Waals surface area (Å²) in [6.07, 6.45) is 1.54. The molecular formula is C11H23IN2O2. The highest BCUT2D eigenvalue weighted by Crippen LogP contribution is 2.08. The number of nitrogens with one attached hydrogen (secondary N) is 1. The van der Waals surface area contributed by atoms with Crippen molar-refractivity contribution in [2.45, 2.75) is 58.2 Å². The van der Waals surface area contributed by atoms with Crippen molar-refractivity contribution < 1.29 is 9.53 Å². The van der Waals surface area contributed by atoms with Crippen LogP contribution in [0.25, 0.3) is 0 Å². The third kappa shape index (κ3) is 7.27. The Bertz CT molecular complexity index is 217. The van der Waals surface area contributed by atoms with E-state index in [1.165, 1.54) is 0 Å². The molecule has 0 fully saturated rings. The lowest BCUT2D eigenvalue weighted by molar-refractivity contribution is 0.0502. The number of nitrogens with two attached hydrogens (primary N) is 1. The Hall–Kier alpha value is -0.0400. The van der Waals surface area contributed by atoms with Crippen LogP contribution in [0.3, 0.4) is 0 Å². The van der Waals surface area contributed by atoms with Crippen molar-refractivity contribution in [3.63, 3.8) is 0 Å². The first-order valence-electron chi connectivity index (χ1n) is 5.61. The number of carbonyl (C=O) groups excluding carboxylic acids is 1. The molecule has 0 unspecified atom stereocenters. The highest BCUT2D eigenvalue weighted by atomic mass is 127. The number of amides is 1. The summed E-state index contributed by atoms with van der Waals surface area (Å²) in [7, 11) is 0. The second-order valence-corrected chi connectivity index (χ2v) is 5.74. The second-order valence-electron chi connectivity index (χ2n) is 4.86. The molecule has 0 heterocycles.